The molecule has 0 bridgehead atoms. The molecule has 0 saturated carbocycles. The van der Waals surface area contributed by atoms with Gasteiger partial charge >= 0.3 is 14.2 Å². The van der Waals surface area contributed by atoms with E-state index in [4.69, 9.17) is 18.6 Å². The highest BCUT2D eigenvalue weighted by Crippen LogP contribution is 2.62. The Morgan fingerprint density at radius 2 is 1.00 bits per heavy atom. The van der Waals surface area contributed by atoms with Crippen molar-refractivity contribution in [3.63, 3.8) is 0 Å². The van der Waals surface area contributed by atoms with Crippen LogP contribution in [0, 0.1) is 11.8 Å². The Kier molecular flexibility index (Phi) is 10.4. The fraction of sp³-hybridized carbons (Fsp3) is 0.707. The van der Waals surface area contributed by atoms with E-state index in [-0.39, 0.29) is 11.3 Å². The molecule has 2 aromatic rings. The van der Waals surface area contributed by atoms with E-state index >= 15 is 0 Å². The zero-order valence-corrected chi connectivity index (χ0v) is 31.9. The molecule has 2 saturated heterocycles. The first kappa shape index (κ1) is 36.7. The van der Waals surface area contributed by atoms with Gasteiger partial charge in [0.1, 0.15) is 0 Å². The second-order valence-corrected chi connectivity index (χ2v) is 17.4. The minimum Gasteiger partial charge on any atom is -0.403 e. The van der Waals surface area contributed by atoms with E-state index in [1.807, 2.05) is 0 Å². The Morgan fingerprint density at radius 1 is 0.596 bits per heavy atom. The van der Waals surface area contributed by atoms with Crippen molar-refractivity contribution >= 4 is 14.2 Å². The summed E-state index contributed by atoms with van der Waals surface area (Å²) in [6.07, 6.45) is 10.4. The predicted molar refractivity (Wildman–Crippen MR) is 199 cm³/mol. The normalized spacial score (nSPS) is 23.1. The summed E-state index contributed by atoms with van der Waals surface area (Å²) < 4.78 is 28.2. The highest BCUT2D eigenvalue weighted by atomic mass is 16.7. The van der Waals surface area contributed by atoms with Crippen molar-refractivity contribution in [3.8, 4) is 11.1 Å². The van der Waals surface area contributed by atoms with Crippen molar-refractivity contribution in [3.05, 3.63) is 59.7 Å². The average molecular weight is 643 g/mol. The quantitative estimate of drug-likeness (QED) is 0.192. The Balaban J connectivity index is 1.71. The van der Waals surface area contributed by atoms with Crippen LogP contribution in [0.3, 0.4) is 0 Å². The number of unbranched alkanes of at least 4 members (excludes halogenated alkanes) is 2. The van der Waals surface area contributed by atoms with Gasteiger partial charge in [-0.2, -0.15) is 0 Å². The molecule has 258 valence electrons. The van der Waals surface area contributed by atoms with Crippen molar-refractivity contribution < 1.29 is 18.6 Å². The smallest absolute Gasteiger partial charge is 0.403 e. The first-order chi connectivity index (χ1) is 22.0. The second kappa shape index (κ2) is 13.3. The van der Waals surface area contributed by atoms with Gasteiger partial charge < -0.3 is 18.6 Å². The minimum absolute atomic E-state index is 0.130. The summed E-state index contributed by atoms with van der Waals surface area (Å²) in [5.74, 6) is 0.843. The van der Waals surface area contributed by atoms with Crippen molar-refractivity contribution in [2.45, 2.75) is 174 Å². The van der Waals surface area contributed by atoms with Crippen LogP contribution in [0.2, 0.25) is 5.21 Å². The number of benzene rings is 2. The maximum atomic E-state index is 7.05. The van der Waals surface area contributed by atoms with Gasteiger partial charge in [-0.25, -0.2) is 0 Å². The van der Waals surface area contributed by atoms with Crippen molar-refractivity contribution in [2.75, 3.05) is 0 Å². The Hall–Kier alpha value is -1.59. The van der Waals surface area contributed by atoms with Gasteiger partial charge in [0, 0.05) is 10.6 Å². The monoisotopic (exact) mass is 642 g/mol. The van der Waals surface area contributed by atoms with Gasteiger partial charge in [0.15, 0.2) is 0 Å². The van der Waals surface area contributed by atoms with E-state index < -0.39 is 41.9 Å². The van der Waals surface area contributed by atoms with E-state index in [2.05, 4.69) is 132 Å². The molecular formula is C41H64B2O4. The lowest BCUT2D eigenvalue weighted by Crippen LogP contribution is -2.53. The first-order valence-corrected chi connectivity index (χ1v) is 18.9. The fourth-order valence-electron chi connectivity index (χ4n) is 8.57. The third kappa shape index (κ3) is 6.32. The molecule has 2 unspecified atom stereocenters. The van der Waals surface area contributed by atoms with Gasteiger partial charge in [-0.1, -0.05) is 121 Å². The van der Waals surface area contributed by atoms with Crippen LogP contribution in [-0.2, 0) is 24.0 Å². The van der Waals surface area contributed by atoms with Gasteiger partial charge in [0.2, 0.25) is 0 Å². The summed E-state index contributed by atoms with van der Waals surface area (Å²) >= 11 is 0. The van der Waals surface area contributed by atoms with E-state index in [0.29, 0.717) is 5.92 Å². The van der Waals surface area contributed by atoms with Gasteiger partial charge in [0.05, 0.1) is 22.4 Å². The molecule has 5 rings (SSSR count). The van der Waals surface area contributed by atoms with E-state index in [0.717, 1.165) is 32.1 Å². The molecule has 0 spiro atoms. The van der Waals surface area contributed by atoms with Gasteiger partial charge in [0.25, 0.3) is 0 Å². The summed E-state index contributed by atoms with van der Waals surface area (Å²) in [6, 6.07) is 18.5. The molecule has 2 aliphatic heterocycles. The topological polar surface area (TPSA) is 36.9 Å². The molecule has 0 N–H and O–H groups in total. The Bertz CT molecular complexity index is 1270. The zero-order chi connectivity index (χ0) is 34.5. The van der Waals surface area contributed by atoms with Gasteiger partial charge in [-0.05, 0) is 102 Å². The fourth-order valence-corrected chi connectivity index (χ4v) is 8.57. The van der Waals surface area contributed by atoms with Crippen LogP contribution in [0.1, 0.15) is 152 Å². The first-order valence-electron chi connectivity index (χ1n) is 18.9. The lowest BCUT2D eigenvalue weighted by Gasteiger charge is -2.46. The lowest BCUT2D eigenvalue weighted by atomic mass is 9.33. The molecule has 2 fully saturated rings. The molecule has 0 amide bonds. The van der Waals surface area contributed by atoms with Gasteiger partial charge in [-0.3, -0.25) is 0 Å². The summed E-state index contributed by atoms with van der Waals surface area (Å²) in [5.41, 5.74) is 3.79. The average Bonchev–Trinajstić information content (AvgIpc) is 3.52. The van der Waals surface area contributed by atoms with Crippen LogP contribution in [-0.4, -0.2) is 36.6 Å². The van der Waals surface area contributed by atoms with Crippen molar-refractivity contribution in [2.24, 2.45) is 11.8 Å². The van der Waals surface area contributed by atoms with E-state index in [9.17, 15) is 0 Å². The standard InChI is InChI=1S/C41H64B2O4/c1-13-16-22-30(15-3)28-41(34-26-20-18-24-32(34)33-25-19-21-27-35(33)41)29-31(23-17-14-2)40(12,42-44-36(4,5)37(6,7)45-42)43-46-38(8,9)39(10,11)47-43/h18-21,24-27,30-31H,13-17,22-23,28-29H2,1-12H3. The third-order valence-corrected chi connectivity index (χ3v) is 13.3. The molecule has 6 heteroatoms. The van der Waals surface area contributed by atoms with E-state index in [1.54, 1.807) is 0 Å². The molecule has 2 heterocycles. The molecular weight excluding hydrogens is 578 g/mol. The highest BCUT2D eigenvalue weighted by molar-refractivity contribution is 6.71. The van der Waals surface area contributed by atoms with Crippen LogP contribution in [0.4, 0.5) is 0 Å². The molecule has 1 aliphatic carbocycles. The maximum absolute atomic E-state index is 7.05. The van der Waals surface area contributed by atoms with Crippen LogP contribution < -0.4 is 0 Å². The van der Waals surface area contributed by atoms with Gasteiger partial charge in [-0.15, -0.1) is 0 Å². The number of hydrogen-bond donors (Lipinski definition) is 0. The number of fused-ring (bicyclic) bond motifs is 3. The van der Waals surface area contributed by atoms with Crippen molar-refractivity contribution in [1.82, 2.24) is 0 Å². The van der Waals surface area contributed by atoms with Crippen LogP contribution in [0.15, 0.2) is 48.5 Å². The van der Waals surface area contributed by atoms with E-state index in [1.165, 1.54) is 47.9 Å². The third-order valence-electron chi connectivity index (χ3n) is 13.3. The molecule has 2 aromatic carbocycles. The Morgan fingerprint density at radius 3 is 1.40 bits per heavy atom. The second-order valence-electron chi connectivity index (χ2n) is 17.4. The lowest BCUT2D eigenvalue weighted by molar-refractivity contribution is 0.00578. The summed E-state index contributed by atoms with van der Waals surface area (Å²) in [5, 5.41) is -0.574. The molecule has 3 aliphatic rings. The summed E-state index contributed by atoms with van der Waals surface area (Å²) in [7, 11) is -0.954. The molecule has 4 nitrogen and oxygen atoms in total. The summed E-state index contributed by atoms with van der Waals surface area (Å²) in [4.78, 5) is 0. The zero-order valence-electron chi connectivity index (χ0n) is 31.9. The van der Waals surface area contributed by atoms with Crippen molar-refractivity contribution in [1.29, 1.82) is 0 Å². The molecule has 0 aromatic heterocycles. The van der Waals surface area contributed by atoms with Crippen LogP contribution in [0.5, 0.6) is 0 Å². The molecule has 47 heavy (non-hydrogen) atoms. The SMILES string of the molecule is CCCCC(CC)CC1(CC(CCCC)C(C)(B2OC(C)(C)C(C)(C)O2)B2OC(C)(C)C(C)(C)O2)c2ccccc2-c2ccccc21. The van der Waals surface area contributed by atoms with Crippen LogP contribution >= 0.6 is 0 Å². The minimum atomic E-state index is -0.574. The maximum Gasteiger partial charge on any atom is 0.462 e. The predicted octanol–water partition coefficient (Wildman–Crippen LogP) is 11.2. The molecule has 2 atom stereocenters. The number of hydrogen-bond acceptors (Lipinski definition) is 4. The summed E-state index contributed by atoms with van der Waals surface area (Å²) in [6.45, 7) is 26.8. The largest absolute Gasteiger partial charge is 0.462 e. The molecule has 0 radical (unpaired) electrons. The highest BCUT2D eigenvalue weighted by Gasteiger charge is 2.70. The Labute approximate surface area is 288 Å². The van der Waals surface area contributed by atoms with Crippen LogP contribution in [0.25, 0.3) is 11.1 Å². The number of rotatable bonds is 14.